The van der Waals surface area contributed by atoms with Crippen LogP contribution < -0.4 is 5.32 Å². The summed E-state index contributed by atoms with van der Waals surface area (Å²) in [4.78, 5) is 14.8. The van der Waals surface area contributed by atoms with Gasteiger partial charge in [0.15, 0.2) is 0 Å². The summed E-state index contributed by atoms with van der Waals surface area (Å²) in [6.45, 7) is 3.18. The van der Waals surface area contributed by atoms with Crippen LogP contribution in [0.2, 0.25) is 10.0 Å². The second kappa shape index (κ2) is 11.0. The Morgan fingerprint density at radius 3 is 2.42 bits per heavy atom. The maximum absolute atomic E-state index is 13.3. The Morgan fingerprint density at radius 2 is 1.73 bits per heavy atom. The van der Waals surface area contributed by atoms with Crippen molar-refractivity contribution in [1.29, 1.82) is 0 Å². The molecule has 176 valence electrons. The minimum atomic E-state index is -0.658. The molecule has 1 heterocycles. The highest BCUT2D eigenvalue weighted by atomic mass is 35.5. The van der Waals surface area contributed by atoms with Gasteiger partial charge in [0.05, 0.1) is 10.0 Å². The van der Waals surface area contributed by atoms with E-state index in [1.54, 1.807) is 0 Å². The third kappa shape index (κ3) is 6.78. The molecule has 2 aromatic carbocycles. The number of nitrogens with zero attached hydrogens (tertiary/aromatic N) is 1. The Morgan fingerprint density at radius 1 is 1.00 bits per heavy atom. The number of nitrogens with one attached hydrogen (secondary N) is 1. The van der Waals surface area contributed by atoms with Crippen molar-refractivity contribution in [2.75, 3.05) is 19.6 Å². The summed E-state index contributed by atoms with van der Waals surface area (Å²) >= 11 is 12.2. The normalized spacial score (nSPS) is 22.2. The average molecular weight is 493 g/mol. The van der Waals surface area contributed by atoms with E-state index in [1.807, 2.05) is 12.1 Å². The first-order valence-corrected chi connectivity index (χ1v) is 12.2. The summed E-state index contributed by atoms with van der Waals surface area (Å²) in [5.74, 6) is -0.458. The van der Waals surface area contributed by atoms with E-state index in [0.717, 1.165) is 57.8 Å². The molecule has 2 atom stereocenters. The molecule has 1 saturated heterocycles. The van der Waals surface area contributed by atoms with Crippen LogP contribution in [0.25, 0.3) is 6.08 Å². The van der Waals surface area contributed by atoms with E-state index < -0.39 is 11.6 Å². The molecule has 33 heavy (non-hydrogen) atoms. The van der Waals surface area contributed by atoms with Gasteiger partial charge in [0.2, 0.25) is 5.91 Å². The number of benzene rings is 2. The van der Waals surface area contributed by atoms with Crippen LogP contribution in [0.15, 0.2) is 42.5 Å². The highest BCUT2D eigenvalue weighted by molar-refractivity contribution is 6.42. The lowest BCUT2D eigenvalue weighted by atomic mass is 9.89. The third-order valence-corrected chi connectivity index (χ3v) is 7.46. The van der Waals surface area contributed by atoms with Gasteiger partial charge in [-0.25, -0.2) is 8.78 Å². The van der Waals surface area contributed by atoms with Crippen LogP contribution in [0.4, 0.5) is 8.78 Å². The van der Waals surface area contributed by atoms with Gasteiger partial charge in [0, 0.05) is 24.7 Å². The van der Waals surface area contributed by atoms with Crippen LogP contribution in [0.3, 0.4) is 0 Å². The molecule has 1 amide bonds. The van der Waals surface area contributed by atoms with Crippen molar-refractivity contribution in [3.05, 3.63) is 75.3 Å². The molecular formula is C26H28Cl2F2N2O. The van der Waals surface area contributed by atoms with Crippen LogP contribution >= 0.6 is 23.2 Å². The molecule has 1 aliphatic heterocycles. The van der Waals surface area contributed by atoms with Crippen molar-refractivity contribution in [1.82, 2.24) is 10.2 Å². The van der Waals surface area contributed by atoms with E-state index in [4.69, 9.17) is 23.2 Å². The maximum atomic E-state index is 13.3. The molecule has 0 bridgehead atoms. The number of likely N-dealkylation sites (tertiary alicyclic amines) is 1. The van der Waals surface area contributed by atoms with Crippen LogP contribution in [-0.2, 0) is 4.79 Å². The molecule has 0 spiro atoms. The molecule has 1 N–H and O–H groups in total. The van der Waals surface area contributed by atoms with Gasteiger partial charge in [0.25, 0.3) is 0 Å². The Labute approximate surface area is 203 Å². The highest BCUT2D eigenvalue weighted by Gasteiger charge is 2.29. The van der Waals surface area contributed by atoms with Crippen LogP contribution in [0.1, 0.15) is 49.1 Å². The second-order valence-electron chi connectivity index (χ2n) is 9.17. The first kappa shape index (κ1) is 24.2. The summed E-state index contributed by atoms with van der Waals surface area (Å²) < 4.78 is 26.5. The number of piperidine rings is 1. The maximum Gasteiger partial charge on any atom is 0.244 e. The number of amides is 1. The fraction of sp³-hybridized carbons (Fsp3) is 0.423. The fourth-order valence-corrected chi connectivity index (χ4v) is 5.35. The fourth-order valence-electron chi connectivity index (χ4n) is 5.04. The average Bonchev–Trinajstić information content (AvgIpc) is 3.21. The van der Waals surface area contributed by atoms with Gasteiger partial charge in [-0.1, -0.05) is 29.3 Å². The standard InChI is InChI=1S/C26H28Cl2F2N2O/c27-24-5-3-20(14-25(24)28)19-7-9-32(10-8-19)16-18-1-4-23(13-18)31-26(33)6-2-17-11-21(29)15-22(30)12-17/h2-3,5-6,11-12,14-15,18-19,23H,1,4,7-10,13,16H2,(H,31,33)/t18-,23+/m0/s1. The van der Waals surface area contributed by atoms with E-state index in [2.05, 4.69) is 16.3 Å². The third-order valence-electron chi connectivity index (χ3n) is 6.72. The van der Waals surface area contributed by atoms with Gasteiger partial charge in [-0.2, -0.15) is 0 Å². The Hall–Kier alpha value is -1.95. The quantitative estimate of drug-likeness (QED) is 0.469. The lowest BCUT2D eigenvalue weighted by Gasteiger charge is -2.34. The monoisotopic (exact) mass is 492 g/mol. The SMILES string of the molecule is O=C(C=Cc1cc(F)cc(F)c1)N[C@@H]1CC[C@H](CN2CCC(c3ccc(Cl)c(Cl)c3)CC2)C1. The zero-order chi connectivity index (χ0) is 23.4. The predicted molar refractivity (Wildman–Crippen MR) is 130 cm³/mol. The first-order valence-electron chi connectivity index (χ1n) is 11.5. The lowest BCUT2D eigenvalue weighted by molar-refractivity contribution is -0.117. The van der Waals surface area contributed by atoms with Crippen LogP contribution in [0, 0.1) is 17.6 Å². The van der Waals surface area contributed by atoms with Crippen molar-refractivity contribution < 1.29 is 13.6 Å². The molecule has 0 unspecified atom stereocenters. The molecule has 7 heteroatoms. The molecule has 1 saturated carbocycles. The molecule has 1 aliphatic carbocycles. The van der Waals surface area contributed by atoms with Crippen LogP contribution in [-0.4, -0.2) is 36.5 Å². The van der Waals surface area contributed by atoms with Crippen LogP contribution in [0.5, 0.6) is 0 Å². The Bertz CT molecular complexity index is 1000. The van der Waals surface area contributed by atoms with Gasteiger partial charge in [-0.15, -0.1) is 0 Å². The van der Waals surface area contributed by atoms with Gasteiger partial charge >= 0.3 is 0 Å². The predicted octanol–water partition coefficient (Wildman–Crippen LogP) is 6.45. The highest BCUT2D eigenvalue weighted by Crippen LogP contribution is 2.34. The zero-order valence-corrected chi connectivity index (χ0v) is 19.9. The van der Waals surface area contributed by atoms with Gasteiger partial charge in [-0.3, -0.25) is 4.79 Å². The number of rotatable bonds is 6. The number of carbonyl (C=O) groups is 1. The molecule has 3 nitrogen and oxygen atoms in total. The minimum Gasteiger partial charge on any atom is -0.350 e. The zero-order valence-electron chi connectivity index (χ0n) is 18.4. The molecular weight excluding hydrogens is 465 g/mol. The Balaban J connectivity index is 1.20. The molecule has 2 fully saturated rings. The summed E-state index contributed by atoms with van der Waals surface area (Å²) in [6.07, 6.45) is 8.00. The number of carbonyl (C=O) groups excluding carboxylic acids is 1. The van der Waals surface area contributed by atoms with Crippen molar-refractivity contribution in [3.63, 3.8) is 0 Å². The molecule has 2 aromatic rings. The number of hydrogen-bond acceptors (Lipinski definition) is 2. The molecule has 2 aliphatic rings. The van der Waals surface area contributed by atoms with E-state index in [0.29, 0.717) is 27.4 Å². The number of halogens is 4. The van der Waals surface area contributed by atoms with Gasteiger partial charge in [-0.05, 0) is 98.5 Å². The number of hydrogen-bond donors (Lipinski definition) is 1. The van der Waals surface area contributed by atoms with Gasteiger partial charge in [0.1, 0.15) is 11.6 Å². The van der Waals surface area contributed by atoms with Crippen molar-refractivity contribution in [3.8, 4) is 0 Å². The second-order valence-corrected chi connectivity index (χ2v) is 9.98. The summed E-state index contributed by atoms with van der Waals surface area (Å²) in [7, 11) is 0. The van der Waals surface area contributed by atoms with Crippen molar-refractivity contribution in [2.24, 2.45) is 5.92 Å². The molecule has 0 aromatic heterocycles. The summed E-state index contributed by atoms with van der Waals surface area (Å²) in [5.41, 5.74) is 1.60. The van der Waals surface area contributed by atoms with E-state index in [-0.39, 0.29) is 11.9 Å². The van der Waals surface area contributed by atoms with Crippen molar-refractivity contribution in [2.45, 2.75) is 44.1 Å². The Kier molecular flexibility index (Phi) is 8.05. The molecule has 0 radical (unpaired) electrons. The minimum absolute atomic E-state index is 0.144. The molecule has 4 rings (SSSR count). The largest absolute Gasteiger partial charge is 0.350 e. The van der Waals surface area contributed by atoms with Gasteiger partial charge < -0.3 is 10.2 Å². The van der Waals surface area contributed by atoms with E-state index in [1.165, 1.54) is 29.8 Å². The first-order chi connectivity index (χ1) is 15.9. The van der Waals surface area contributed by atoms with Crippen molar-refractivity contribution >= 4 is 35.2 Å². The topological polar surface area (TPSA) is 32.3 Å². The van der Waals surface area contributed by atoms with E-state index >= 15 is 0 Å². The smallest absolute Gasteiger partial charge is 0.244 e. The summed E-state index contributed by atoms with van der Waals surface area (Å²) in [5, 5.41) is 4.24. The van der Waals surface area contributed by atoms with E-state index in [9.17, 15) is 13.6 Å². The lowest BCUT2D eigenvalue weighted by Crippen LogP contribution is -2.37. The summed E-state index contributed by atoms with van der Waals surface area (Å²) in [6, 6.07) is 9.30.